The summed E-state index contributed by atoms with van der Waals surface area (Å²) in [6.07, 6.45) is 1.30. The van der Waals surface area contributed by atoms with Crippen molar-refractivity contribution in [2.45, 2.75) is 0 Å². The number of carbonyl (C=O) groups excluding carboxylic acids is 2. The minimum absolute atomic E-state index is 0.00401. The SMILES string of the molecule is COc1ccccc1C(=O)NCC(=O)NN=Cc1cc(Br)cc(Br)c1O. The van der Waals surface area contributed by atoms with E-state index in [0.717, 1.165) is 4.47 Å². The fraction of sp³-hybridized carbons (Fsp3) is 0.118. The average molecular weight is 485 g/mol. The Morgan fingerprint density at radius 2 is 2.00 bits per heavy atom. The quantitative estimate of drug-likeness (QED) is 0.433. The Morgan fingerprint density at radius 1 is 1.27 bits per heavy atom. The van der Waals surface area contributed by atoms with E-state index in [2.05, 4.69) is 47.7 Å². The normalized spacial score (nSPS) is 10.6. The van der Waals surface area contributed by atoms with E-state index in [-0.39, 0.29) is 12.3 Å². The molecule has 2 rings (SSSR count). The highest BCUT2D eigenvalue weighted by Gasteiger charge is 2.12. The zero-order valence-corrected chi connectivity index (χ0v) is 16.8. The number of hydrazone groups is 1. The molecule has 0 aliphatic heterocycles. The summed E-state index contributed by atoms with van der Waals surface area (Å²) in [5.41, 5.74) is 3.01. The molecule has 7 nitrogen and oxygen atoms in total. The lowest BCUT2D eigenvalue weighted by Gasteiger charge is -2.08. The van der Waals surface area contributed by atoms with E-state index in [1.54, 1.807) is 36.4 Å². The monoisotopic (exact) mass is 483 g/mol. The fourth-order valence-corrected chi connectivity index (χ4v) is 3.24. The van der Waals surface area contributed by atoms with Crippen molar-refractivity contribution in [3.63, 3.8) is 0 Å². The van der Waals surface area contributed by atoms with Crippen LogP contribution in [-0.4, -0.2) is 36.8 Å². The number of ether oxygens (including phenoxy) is 1. The molecule has 0 aromatic heterocycles. The third-order valence-electron chi connectivity index (χ3n) is 3.21. The molecule has 0 heterocycles. The zero-order chi connectivity index (χ0) is 19.1. The van der Waals surface area contributed by atoms with Crippen LogP contribution in [0.5, 0.6) is 11.5 Å². The molecule has 0 saturated carbocycles. The molecule has 0 saturated heterocycles. The number of rotatable bonds is 6. The number of aromatic hydroxyl groups is 1. The van der Waals surface area contributed by atoms with Gasteiger partial charge in [0.1, 0.15) is 11.5 Å². The molecule has 0 atom stereocenters. The minimum atomic E-state index is -0.516. The first kappa shape index (κ1) is 19.9. The molecule has 0 radical (unpaired) electrons. The maximum absolute atomic E-state index is 12.1. The van der Waals surface area contributed by atoms with Gasteiger partial charge in [-0.15, -0.1) is 0 Å². The summed E-state index contributed by atoms with van der Waals surface area (Å²) in [6, 6.07) is 10.0. The fourth-order valence-electron chi connectivity index (χ4n) is 1.99. The second kappa shape index (κ2) is 9.35. The molecule has 2 aromatic carbocycles. The first-order valence-corrected chi connectivity index (χ1v) is 8.92. The third kappa shape index (κ3) is 5.30. The minimum Gasteiger partial charge on any atom is -0.506 e. The van der Waals surface area contributed by atoms with Gasteiger partial charge in [0.15, 0.2) is 0 Å². The van der Waals surface area contributed by atoms with Crippen molar-refractivity contribution in [3.8, 4) is 11.5 Å². The number of hydrogen-bond donors (Lipinski definition) is 3. The highest BCUT2D eigenvalue weighted by molar-refractivity contribution is 9.11. The molecule has 9 heteroatoms. The number of phenols is 1. The van der Waals surface area contributed by atoms with Crippen LogP contribution in [0.3, 0.4) is 0 Å². The van der Waals surface area contributed by atoms with Gasteiger partial charge in [0.2, 0.25) is 0 Å². The number of nitrogens with one attached hydrogen (secondary N) is 2. The standard InChI is InChI=1S/C17H15Br2N3O4/c1-26-14-5-3-2-4-12(14)17(25)20-9-15(23)22-21-8-10-6-11(18)7-13(19)16(10)24/h2-8,24H,9H2,1H3,(H,20,25)(H,22,23). The van der Waals surface area contributed by atoms with Gasteiger partial charge in [-0.05, 0) is 40.2 Å². The average Bonchev–Trinajstić information content (AvgIpc) is 2.63. The lowest BCUT2D eigenvalue weighted by Crippen LogP contribution is -2.35. The molecule has 3 N–H and O–H groups in total. The highest BCUT2D eigenvalue weighted by atomic mass is 79.9. The van der Waals surface area contributed by atoms with Gasteiger partial charge in [0, 0.05) is 10.0 Å². The lowest BCUT2D eigenvalue weighted by molar-refractivity contribution is -0.120. The van der Waals surface area contributed by atoms with Crippen LogP contribution >= 0.6 is 31.9 Å². The summed E-state index contributed by atoms with van der Waals surface area (Å²) in [6.45, 7) is -0.262. The van der Waals surface area contributed by atoms with Gasteiger partial charge < -0.3 is 15.2 Å². The Kier molecular flexibility index (Phi) is 7.16. The zero-order valence-electron chi connectivity index (χ0n) is 13.6. The topological polar surface area (TPSA) is 100 Å². The van der Waals surface area contributed by atoms with E-state index in [0.29, 0.717) is 21.3 Å². The van der Waals surface area contributed by atoms with Crippen molar-refractivity contribution < 1.29 is 19.4 Å². The number of para-hydroxylation sites is 1. The summed E-state index contributed by atoms with van der Waals surface area (Å²) in [5, 5.41) is 16.1. The maximum Gasteiger partial charge on any atom is 0.259 e. The Morgan fingerprint density at radius 3 is 2.73 bits per heavy atom. The van der Waals surface area contributed by atoms with Crippen molar-refractivity contribution >= 4 is 49.9 Å². The predicted octanol–water partition coefficient (Wildman–Crippen LogP) is 2.81. The first-order valence-electron chi connectivity index (χ1n) is 7.33. The van der Waals surface area contributed by atoms with Crippen LogP contribution in [0.25, 0.3) is 0 Å². The maximum atomic E-state index is 12.1. The number of benzene rings is 2. The molecule has 2 aromatic rings. The molecular weight excluding hydrogens is 470 g/mol. The van der Waals surface area contributed by atoms with Gasteiger partial charge in [0.25, 0.3) is 11.8 Å². The number of amides is 2. The highest BCUT2D eigenvalue weighted by Crippen LogP contribution is 2.30. The summed E-state index contributed by atoms with van der Waals surface area (Å²) in [7, 11) is 1.46. The van der Waals surface area contributed by atoms with Crippen molar-refractivity contribution in [3.05, 3.63) is 56.5 Å². The third-order valence-corrected chi connectivity index (χ3v) is 4.27. The van der Waals surface area contributed by atoms with Gasteiger partial charge in [-0.2, -0.15) is 5.10 Å². The number of hydrogen-bond acceptors (Lipinski definition) is 5. The number of carbonyl (C=O) groups is 2. The van der Waals surface area contributed by atoms with Crippen molar-refractivity contribution in [1.82, 2.24) is 10.7 Å². The second-order valence-corrected chi connectivity index (χ2v) is 6.77. The van der Waals surface area contributed by atoms with Crippen LogP contribution in [0.15, 0.2) is 50.4 Å². The van der Waals surface area contributed by atoms with Gasteiger partial charge in [-0.25, -0.2) is 5.43 Å². The Labute approximate surface area is 166 Å². The van der Waals surface area contributed by atoms with E-state index in [9.17, 15) is 14.7 Å². The summed E-state index contributed by atoms with van der Waals surface area (Å²) >= 11 is 6.50. The summed E-state index contributed by atoms with van der Waals surface area (Å²) < 4.78 is 6.33. The van der Waals surface area contributed by atoms with Crippen LogP contribution in [0.4, 0.5) is 0 Å². The van der Waals surface area contributed by atoms with E-state index in [1.165, 1.54) is 13.3 Å². The van der Waals surface area contributed by atoms with Crippen LogP contribution in [-0.2, 0) is 4.79 Å². The lowest BCUT2D eigenvalue weighted by atomic mass is 10.2. The molecular formula is C17H15Br2N3O4. The molecule has 0 fully saturated rings. The molecule has 136 valence electrons. The number of nitrogens with zero attached hydrogens (tertiary/aromatic N) is 1. The Bertz CT molecular complexity index is 856. The Hall–Kier alpha value is -2.39. The number of phenolic OH excluding ortho intramolecular Hbond substituents is 1. The molecule has 26 heavy (non-hydrogen) atoms. The van der Waals surface area contributed by atoms with Gasteiger partial charge >= 0.3 is 0 Å². The molecule has 2 amide bonds. The molecule has 0 bridgehead atoms. The summed E-state index contributed by atoms with van der Waals surface area (Å²) in [5.74, 6) is -0.539. The van der Waals surface area contributed by atoms with Crippen molar-refractivity contribution in [2.24, 2.45) is 5.10 Å². The van der Waals surface area contributed by atoms with E-state index in [4.69, 9.17) is 4.74 Å². The van der Waals surface area contributed by atoms with Crippen LogP contribution < -0.4 is 15.5 Å². The van der Waals surface area contributed by atoms with E-state index >= 15 is 0 Å². The molecule has 0 aliphatic carbocycles. The van der Waals surface area contributed by atoms with E-state index in [1.807, 2.05) is 0 Å². The van der Waals surface area contributed by atoms with Gasteiger partial charge in [0.05, 0.1) is 29.9 Å². The van der Waals surface area contributed by atoms with Crippen molar-refractivity contribution in [1.29, 1.82) is 0 Å². The Balaban J connectivity index is 1.90. The second-order valence-electron chi connectivity index (χ2n) is 5.00. The largest absolute Gasteiger partial charge is 0.506 e. The number of methoxy groups -OCH3 is 1. The molecule has 0 unspecified atom stereocenters. The first-order chi connectivity index (χ1) is 12.4. The summed E-state index contributed by atoms with van der Waals surface area (Å²) in [4.78, 5) is 23.9. The number of halogens is 2. The van der Waals surface area contributed by atoms with Crippen LogP contribution in [0.2, 0.25) is 0 Å². The van der Waals surface area contributed by atoms with Gasteiger partial charge in [-0.1, -0.05) is 28.1 Å². The van der Waals surface area contributed by atoms with Crippen LogP contribution in [0, 0.1) is 0 Å². The molecule has 0 spiro atoms. The van der Waals surface area contributed by atoms with Crippen LogP contribution in [0.1, 0.15) is 15.9 Å². The van der Waals surface area contributed by atoms with Crippen molar-refractivity contribution in [2.75, 3.05) is 13.7 Å². The smallest absolute Gasteiger partial charge is 0.259 e. The van der Waals surface area contributed by atoms with Gasteiger partial charge in [-0.3, -0.25) is 9.59 Å². The predicted molar refractivity (Wildman–Crippen MR) is 105 cm³/mol. The molecule has 0 aliphatic rings. The van der Waals surface area contributed by atoms with E-state index < -0.39 is 11.8 Å².